The van der Waals surface area contributed by atoms with E-state index in [1.54, 1.807) is 0 Å². The minimum absolute atomic E-state index is 0.0243. The first-order chi connectivity index (χ1) is 8.74. The number of methoxy groups -OCH3 is 1. The number of hydrogen-bond acceptors (Lipinski definition) is 4. The summed E-state index contributed by atoms with van der Waals surface area (Å²) in [7, 11) is 1.45. The normalized spacial score (nSPS) is 35.2. The number of carbonyl (C=O) groups excluding carboxylic acids is 1. The van der Waals surface area contributed by atoms with Crippen molar-refractivity contribution < 1.29 is 19.0 Å². The predicted octanol–water partition coefficient (Wildman–Crippen LogP) is 2.51. The molecule has 1 aliphatic carbocycles. The Hall–Kier alpha value is -0.610. The minimum atomic E-state index is -0.0996. The Morgan fingerprint density at radius 2 is 2.22 bits per heavy atom. The van der Waals surface area contributed by atoms with Crippen molar-refractivity contribution in [1.29, 1.82) is 0 Å². The average molecular weight is 256 g/mol. The van der Waals surface area contributed by atoms with Gasteiger partial charge in [0.05, 0.1) is 13.2 Å². The minimum Gasteiger partial charge on any atom is -0.469 e. The maximum atomic E-state index is 11.2. The van der Waals surface area contributed by atoms with E-state index in [1.165, 1.54) is 20.0 Å². The van der Waals surface area contributed by atoms with Crippen LogP contribution in [0.3, 0.4) is 0 Å². The Morgan fingerprint density at radius 3 is 2.94 bits per heavy atom. The second kappa shape index (κ2) is 6.53. The van der Waals surface area contributed by atoms with Crippen molar-refractivity contribution in [3.8, 4) is 0 Å². The number of ether oxygens (including phenoxy) is 3. The molecule has 0 radical (unpaired) electrons. The van der Waals surface area contributed by atoms with Gasteiger partial charge < -0.3 is 14.2 Å². The van der Waals surface area contributed by atoms with E-state index in [2.05, 4.69) is 0 Å². The molecule has 0 spiro atoms. The second-order valence-electron chi connectivity index (χ2n) is 5.26. The van der Waals surface area contributed by atoms with E-state index >= 15 is 0 Å². The molecule has 104 valence electrons. The molecule has 2 fully saturated rings. The van der Waals surface area contributed by atoms with Crippen LogP contribution in [0.4, 0.5) is 0 Å². The standard InChI is InChI=1S/C14H24O4/c1-3-17-14-9-11-10(7-8-13(15)16-2)5-4-6-12(11)18-14/h10-12,14H,3-9H2,1-2H3/t10-,11+,12-,14?/m0/s1. The highest BCUT2D eigenvalue weighted by atomic mass is 16.7. The fourth-order valence-electron chi connectivity index (χ4n) is 3.36. The lowest BCUT2D eigenvalue weighted by atomic mass is 9.75. The summed E-state index contributed by atoms with van der Waals surface area (Å²) in [6, 6.07) is 0. The van der Waals surface area contributed by atoms with Crippen molar-refractivity contribution in [3.63, 3.8) is 0 Å². The first-order valence-corrected chi connectivity index (χ1v) is 7.08. The van der Waals surface area contributed by atoms with Gasteiger partial charge in [0.25, 0.3) is 0 Å². The van der Waals surface area contributed by atoms with Gasteiger partial charge in [0.2, 0.25) is 0 Å². The largest absolute Gasteiger partial charge is 0.469 e. The monoisotopic (exact) mass is 256 g/mol. The zero-order valence-corrected chi connectivity index (χ0v) is 11.4. The highest BCUT2D eigenvalue weighted by molar-refractivity contribution is 5.69. The van der Waals surface area contributed by atoms with Gasteiger partial charge in [-0.1, -0.05) is 6.42 Å². The van der Waals surface area contributed by atoms with Crippen LogP contribution in [-0.4, -0.2) is 32.1 Å². The Kier molecular flexibility index (Phi) is 5.01. The van der Waals surface area contributed by atoms with Gasteiger partial charge in [-0.25, -0.2) is 0 Å². The van der Waals surface area contributed by atoms with E-state index in [0.29, 0.717) is 31.0 Å². The van der Waals surface area contributed by atoms with Gasteiger partial charge in [0.15, 0.2) is 6.29 Å². The Labute approximate surface area is 109 Å². The molecule has 1 heterocycles. The molecule has 0 aromatic carbocycles. The Balaban J connectivity index is 1.85. The quantitative estimate of drug-likeness (QED) is 0.709. The van der Waals surface area contributed by atoms with Crippen molar-refractivity contribution in [1.82, 2.24) is 0 Å². The molecule has 1 unspecified atom stereocenters. The molecule has 4 heteroatoms. The van der Waals surface area contributed by atoms with Crippen LogP contribution in [0.5, 0.6) is 0 Å². The highest BCUT2D eigenvalue weighted by Crippen LogP contribution is 2.43. The number of rotatable bonds is 5. The molecule has 2 rings (SSSR count). The molecule has 0 amide bonds. The zero-order chi connectivity index (χ0) is 13.0. The smallest absolute Gasteiger partial charge is 0.305 e. The van der Waals surface area contributed by atoms with Crippen molar-refractivity contribution >= 4 is 5.97 Å². The fraction of sp³-hybridized carbons (Fsp3) is 0.929. The number of carbonyl (C=O) groups is 1. The third kappa shape index (κ3) is 3.23. The SMILES string of the molecule is CCOC1C[C@@H]2[C@H](CCC(=O)OC)CCC[C@@H]2O1. The van der Waals surface area contributed by atoms with E-state index in [9.17, 15) is 4.79 Å². The van der Waals surface area contributed by atoms with Crippen LogP contribution in [-0.2, 0) is 19.0 Å². The summed E-state index contributed by atoms with van der Waals surface area (Å²) >= 11 is 0. The molecule has 0 aromatic rings. The lowest BCUT2D eigenvalue weighted by Crippen LogP contribution is -2.29. The van der Waals surface area contributed by atoms with Crippen LogP contribution in [0.15, 0.2) is 0 Å². The van der Waals surface area contributed by atoms with Gasteiger partial charge in [-0.3, -0.25) is 4.79 Å². The molecule has 1 saturated heterocycles. The molecular formula is C14H24O4. The Morgan fingerprint density at radius 1 is 1.39 bits per heavy atom. The molecule has 0 bridgehead atoms. The van der Waals surface area contributed by atoms with Crippen LogP contribution in [0, 0.1) is 11.8 Å². The molecule has 0 N–H and O–H groups in total. The maximum absolute atomic E-state index is 11.2. The maximum Gasteiger partial charge on any atom is 0.305 e. The molecule has 0 aromatic heterocycles. The van der Waals surface area contributed by atoms with E-state index in [-0.39, 0.29) is 12.3 Å². The van der Waals surface area contributed by atoms with Crippen LogP contribution < -0.4 is 0 Å². The molecule has 4 nitrogen and oxygen atoms in total. The topological polar surface area (TPSA) is 44.8 Å². The molecule has 18 heavy (non-hydrogen) atoms. The van der Waals surface area contributed by atoms with Crippen LogP contribution in [0.25, 0.3) is 0 Å². The summed E-state index contributed by atoms with van der Waals surface area (Å²) in [5, 5.41) is 0. The Bertz CT molecular complexity index is 279. The van der Waals surface area contributed by atoms with Gasteiger partial charge in [0.1, 0.15) is 0 Å². The highest BCUT2D eigenvalue weighted by Gasteiger charge is 2.42. The predicted molar refractivity (Wildman–Crippen MR) is 67.0 cm³/mol. The fourth-order valence-corrected chi connectivity index (χ4v) is 3.36. The van der Waals surface area contributed by atoms with Crippen molar-refractivity contribution in [2.24, 2.45) is 11.8 Å². The first kappa shape index (κ1) is 13.8. The van der Waals surface area contributed by atoms with Gasteiger partial charge in [-0.05, 0) is 38.0 Å². The molecule has 4 atom stereocenters. The average Bonchev–Trinajstić information content (AvgIpc) is 2.79. The van der Waals surface area contributed by atoms with E-state index < -0.39 is 0 Å². The molecule has 2 aliphatic rings. The van der Waals surface area contributed by atoms with Gasteiger partial charge in [0, 0.05) is 19.4 Å². The van der Waals surface area contributed by atoms with Crippen LogP contribution in [0.2, 0.25) is 0 Å². The summed E-state index contributed by atoms with van der Waals surface area (Å²) < 4.78 is 16.2. The lowest BCUT2D eigenvalue weighted by Gasteiger charge is -2.32. The third-order valence-electron chi connectivity index (χ3n) is 4.24. The van der Waals surface area contributed by atoms with Crippen molar-refractivity contribution in [2.45, 2.75) is 57.8 Å². The van der Waals surface area contributed by atoms with E-state index in [1.807, 2.05) is 6.92 Å². The lowest BCUT2D eigenvalue weighted by molar-refractivity contribution is -0.141. The van der Waals surface area contributed by atoms with E-state index in [4.69, 9.17) is 14.2 Å². The summed E-state index contributed by atoms with van der Waals surface area (Å²) in [6.45, 7) is 2.71. The third-order valence-corrected chi connectivity index (χ3v) is 4.24. The first-order valence-electron chi connectivity index (χ1n) is 7.08. The summed E-state index contributed by atoms with van der Waals surface area (Å²) in [6.07, 6.45) is 6.32. The van der Waals surface area contributed by atoms with Crippen LogP contribution >= 0.6 is 0 Å². The second-order valence-corrected chi connectivity index (χ2v) is 5.26. The summed E-state index contributed by atoms with van der Waals surface area (Å²) in [4.78, 5) is 11.2. The zero-order valence-electron chi connectivity index (χ0n) is 11.4. The van der Waals surface area contributed by atoms with Gasteiger partial charge in [-0.2, -0.15) is 0 Å². The van der Waals surface area contributed by atoms with E-state index in [0.717, 1.165) is 19.3 Å². The molecular weight excluding hydrogens is 232 g/mol. The van der Waals surface area contributed by atoms with Gasteiger partial charge >= 0.3 is 5.97 Å². The van der Waals surface area contributed by atoms with Crippen molar-refractivity contribution in [3.05, 3.63) is 0 Å². The van der Waals surface area contributed by atoms with Crippen molar-refractivity contribution in [2.75, 3.05) is 13.7 Å². The molecule has 1 aliphatic heterocycles. The summed E-state index contributed by atoms with van der Waals surface area (Å²) in [5.74, 6) is 1.06. The van der Waals surface area contributed by atoms with Gasteiger partial charge in [-0.15, -0.1) is 0 Å². The molecule has 1 saturated carbocycles. The summed E-state index contributed by atoms with van der Waals surface area (Å²) in [5.41, 5.74) is 0. The number of fused-ring (bicyclic) bond motifs is 1. The number of hydrogen-bond donors (Lipinski definition) is 0. The van der Waals surface area contributed by atoms with Crippen LogP contribution in [0.1, 0.15) is 45.4 Å². The number of esters is 1.